The molecular weight excluding hydrogens is 243 g/mol. The van der Waals surface area contributed by atoms with Crippen LogP contribution in [0.4, 0.5) is 0 Å². The predicted octanol–water partition coefficient (Wildman–Crippen LogP) is 1.48. The van der Waals surface area contributed by atoms with Crippen molar-refractivity contribution < 1.29 is 27.3 Å². The van der Waals surface area contributed by atoms with Gasteiger partial charge in [0.15, 0.2) is 0 Å². The molecule has 0 unspecified atom stereocenters. The summed E-state index contributed by atoms with van der Waals surface area (Å²) in [7, 11) is 0. The van der Waals surface area contributed by atoms with Crippen LogP contribution >= 0.6 is 24.4 Å². The summed E-state index contributed by atoms with van der Waals surface area (Å²) in [5.74, 6) is 0. The summed E-state index contributed by atoms with van der Waals surface area (Å²) in [5.41, 5.74) is 0. The molecule has 0 aliphatic heterocycles. The van der Waals surface area contributed by atoms with Gasteiger partial charge in [-0.05, 0) is 0 Å². The van der Waals surface area contributed by atoms with Gasteiger partial charge in [0.1, 0.15) is 0 Å². The summed E-state index contributed by atoms with van der Waals surface area (Å²) in [5, 5.41) is 16.9. The van der Waals surface area contributed by atoms with Gasteiger partial charge >= 0.3 is 27.3 Å². The van der Waals surface area contributed by atoms with E-state index in [1.807, 2.05) is 0 Å². The maximum Gasteiger partial charge on any atom is 2.00 e. The van der Waals surface area contributed by atoms with Gasteiger partial charge < -0.3 is 17.0 Å². The summed E-state index contributed by atoms with van der Waals surface area (Å²) in [4.78, 5) is 0. The Morgan fingerprint density at radius 2 is 1.00 bits per heavy atom. The Balaban J connectivity index is -0.0000000160. The minimum atomic E-state index is 0. The molecule has 0 aromatic rings. The van der Waals surface area contributed by atoms with Crippen LogP contribution in [0, 0.1) is 0 Å². The first kappa shape index (κ1) is 23.6. The first-order chi connectivity index (χ1) is 2.83. The molecule has 3 nitrogen and oxygen atoms in total. The van der Waals surface area contributed by atoms with Crippen molar-refractivity contribution in [1.29, 1.82) is 0 Å². The van der Waals surface area contributed by atoms with E-state index in [1.165, 1.54) is 10.3 Å². The fourth-order valence-corrected chi connectivity index (χ4v) is 0. The van der Waals surface area contributed by atoms with E-state index in [4.69, 9.17) is 10.8 Å². The zero-order valence-corrected chi connectivity index (χ0v) is 9.79. The molecular formula is C2H3CdN3S2. The minimum Gasteiger partial charge on any atom is -0.753 e. The zero-order valence-electron chi connectivity index (χ0n) is 4.13. The molecule has 0 radical (unpaired) electrons. The van der Waals surface area contributed by atoms with E-state index in [0.29, 0.717) is 0 Å². The molecule has 0 aromatic carbocycles. The van der Waals surface area contributed by atoms with Crippen LogP contribution in [0.15, 0.2) is 0 Å². The Hall–Kier alpha value is 0.482. The van der Waals surface area contributed by atoms with Gasteiger partial charge in [0.2, 0.25) is 0 Å². The molecule has 3 N–H and O–H groups in total. The fourth-order valence-electron chi connectivity index (χ4n) is 0. The van der Waals surface area contributed by atoms with Crippen LogP contribution in [-0.4, -0.2) is 10.3 Å². The van der Waals surface area contributed by atoms with Crippen molar-refractivity contribution in [2.24, 2.45) is 0 Å². The molecule has 0 atom stereocenters. The summed E-state index contributed by atoms with van der Waals surface area (Å²) < 4.78 is 0. The molecule has 0 heterocycles. The normalized spacial score (nSPS) is 2.00. The molecule has 0 amide bonds. The van der Waals surface area contributed by atoms with Crippen molar-refractivity contribution in [3.8, 4) is 0 Å². The molecule has 0 bridgehead atoms. The molecule has 0 aliphatic carbocycles. The van der Waals surface area contributed by atoms with Crippen molar-refractivity contribution in [2.75, 3.05) is 0 Å². The van der Waals surface area contributed by atoms with Crippen LogP contribution in [0.1, 0.15) is 0 Å². The van der Waals surface area contributed by atoms with Crippen molar-refractivity contribution >= 4 is 34.8 Å². The van der Waals surface area contributed by atoms with Crippen LogP contribution in [-0.2, 0) is 27.3 Å². The number of nitrogens with zero attached hydrogens (tertiary/aromatic N) is 2. The van der Waals surface area contributed by atoms with Crippen LogP contribution in [0.2, 0.25) is 0 Å². The van der Waals surface area contributed by atoms with Crippen molar-refractivity contribution in [3.63, 3.8) is 0 Å². The number of hydrogen-bond acceptors (Lipinski definition) is 3. The molecule has 0 spiro atoms. The van der Waals surface area contributed by atoms with Gasteiger partial charge in [0, 0.05) is 0 Å². The third-order valence-electron chi connectivity index (χ3n) is 0. The molecule has 0 saturated heterocycles. The average Bonchev–Trinajstić information content (AvgIpc) is 1.39. The van der Waals surface area contributed by atoms with E-state index in [-0.39, 0.29) is 33.4 Å². The smallest absolute Gasteiger partial charge is 0.753 e. The molecule has 8 heavy (non-hydrogen) atoms. The summed E-state index contributed by atoms with van der Waals surface area (Å²) in [6.07, 6.45) is 0. The van der Waals surface area contributed by atoms with E-state index >= 15 is 0 Å². The Bertz CT molecular complexity index is 69.3. The third-order valence-corrected chi connectivity index (χ3v) is 0. The third kappa shape index (κ3) is 838. The first-order valence-electron chi connectivity index (χ1n) is 0.855. The van der Waals surface area contributed by atoms with Gasteiger partial charge in [-0.3, -0.25) is 0 Å². The molecule has 0 fully saturated rings. The molecule has 40 valence electrons. The maximum atomic E-state index is 7.13. The van der Waals surface area contributed by atoms with Crippen molar-refractivity contribution in [1.82, 2.24) is 6.15 Å². The Labute approximate surface area is 78.6 Å². The molecule has 0 rings (SSSR count). The Morgan fingerprint density at radius 1 is 1.00 bits per heavy atom. The van der Waals surface area contributed by atoms with E-state index < -0.39 is 0 Å². The summed E-state index contributed by atoms with van der Waals surface area (Å²) in [6.45, 7) is 0. The first-order valence-corrected chi connectivity index (χ1v) is 1.67. The topological polar surface area (TPSA) is 79.6 Å². The standard InChI is InChI=1S/2CNS.Cd.H3N/c2*2-1-3;;/h;;;1H3/q2*-1;+2;. The second-order valence-corrected chi connectivity index (χ2v) is 0.548. The Morgan fingerprint density at radius 3 is 1.00 bits per heavy atom. The van der Waals surface area contributed by atoms with Crippen LogP contribution in [0.3, 0.4) is 0 Å². The molecule has 0 aliphatic rings. The summed E-state index contributed by atoms with van der Waals surface area (Å²) >= 11 is 7.40. The van der Waals surface area contributed by atoms with Gasteiger partial charge in [-0.25, -0.2) is 0 Å². The molecule has 0 saturated carbocycles. The number of hydrogen-bond donors (Lipinski definition) is 1. The van der Waals surface area contributed by atoms with Gasteiger partial charge in [-0.2, -0.15) is 10.3 Å². The van der Waals surface area contributed by atoms with E-state index in [1.54, 1.807) is 0 Å². The van der Waals surface area contributed by atoms with Crippen LogP contribution in [0.25, 0.3) is 10.8 Å². The van der Waals surface area contributed by atoms with Gasteiger partial charge in [0.05, 0.1) is 0 Å². The number of rotatable bonds is 0. The zero-order chi connectivity index (χ0) is 5.41. The maximum absolute atomic E-state index is 7.13. The van der Waals surface area contributed by atoms with E-state index in [9.17, 15) is 0 Å². The fraction of sp³-hybridized carbons (Fsp3) is 0. The second kappa shape index (κ2) is 51.0. The van der Waals surface area contributed by atoms with E-state index in [0.717, 1.165) is 0 Å². The average molecular weight is 246 g/mol. The monoisotopic (exact) mass is 247 g/mol. The van der Waals surface area contributed by atoms with Crippen LogP contribution < -0.4 is 6.15 Å². The SMILES string of the molecule is N.[Cd+2].[N-]=C=S.[N-]=C=S. The second-order valence-electron chi connectivity index (χ2n) is 0.183. The largest absolute Gasteiger partial charge is 2.00 e. The molecule has 6 heteroatoms. The predicted molar refractivity (Wildman–Crippen MR) is 36.9 cm³/mol. The number of thiocarbonyl (C=S) groups is 2. The summed E-state index contributed by atoms with van der Waals surface area (Å²) in [6, 6.07) is 0. The number of isothiocyanates is 2. The van der Waals surface area contributed by atoms with Crippen molar-refractivity contribution in [3.05, 3.63) is 10.8 Å². The Kier molecular flexibility index (Phi) is 151. The molecule has 0 aromatic heterocycles. The quantitative estimate of drug-likeness (QED) is 0.399. The van der Waals surface area contributed by atoms with E-state index in [2.05, 4.69) is 24.4 Å². The van der Waals surface area contributed by atoms with Gasteiger partial charge in [-0.15, -0.1) is 0 Å². The van der Waals surface area contributed by atoms with Crippen LogP contribution in [0.5, 0.6) is 0 Å². The minimum absolute atomic E-state index is 0. The van der Waals surface area contributed by atoms with Gasteiger partial charge in [0.25, 0.3) is 0 Å². The van der Waals surface area contributed by atoms with Gasteiger partial charge in [-0.1, -0.05) is 24.4 Å². The van der Waals surface area contributed by atoms with Crippen molar-refractivity contribution in [2.45, 2.75) is 0 Å².